The Hall–Kier alpha value is -4.86. The topological polar surface area (TPSA) is 130 Å². The van der Waals surface area contributed by atoms with E-state index in [9.17, 15) is 19.8 Å². The first kappa shape index (κ1) is 28.2. The number of benzene rings is 4. The zero-order valence-electron chi connectivity index (χ0n) is 23.5. The lowest BCUT2D eigenvalue weighted by Gasteiger charge is -2.23. The van der Waals surface area contributed by atoms with Gasteiger partial charge in [0, 0.05) is 32.7 Å². The third kappa shape index (κ3) is 4.12. The molecule has 0 unspecified atom stereocenters. The number of fused-ring (bicyclic) bond motifs is 2. The van der Waals surface area contributed by atoms with Crippen LogP contribution in [0.2, 0.25) is 0 Å². The fourth-order valence-electron chi connectivity index (χ4n) is 5.37. The van der Waals surface area contributed by atoms with Crippen LogP contribution in [0.4, 0.5) is 0 Å². The number of carbonyl (C=O) groups is 2. The van der Waals surface area contributed by atoms with Crippen LogP contribution in [0, 0.1) is 13.8 Å². The largest absolute Gasteiger partial charge is 0.495 e. The van der Waals surface area contributed by atoms with Crippen LogP contribution in [0.15, 0.2) is 24.3 Å². The standard InChI is InChI=1S/C30H30O10/c1-13-9-15-17(11-19(35-3)27(39-7)23(15)29(31)32)25(37-5)21(13)22-14(2)10-16-18(26(22)38-6)12-20(36-4)28(40-8)24(16)30(33)34/h9-12H,1-8H3,(H,31,32)(H,33,34). The maximum atomic E-state index is 12.4. The Kier molecular flexibility index (Phi) is 7.55. The van der Waals surface area contributed by atoms with Gasteiger partial charge in [-0.2, -0.15) is 0 Å². The molecule has 0 aliphatic carbocycles. The molecule has 0 fully saturated rings. The molecular formula is C30H30O10. The van der Waals surface area contributed by atoms with E-state index < -0.39 is 11.9 Å². The molecule has 10 nitrogen and oxygen atoms in total. The number of carboxylic acid groups (broad SMARTS) is 2. The van der Waals surface area contributed by atoms with Crippen LogP contribution in [-0.4, -0.2) is 64.8 Å². The Morgan fingerprint density at radius 1 is 0.500 bits per heavy atom. The van der Waals surface area contributed by atoms with E-state index in [1.165, 1.54) is 42.7 Å². The Morgan fingerprint density at radius 2 is 0.825 bits per heavy atom. The minimum absolute atomic E-state index is 0.0603. The molecule has 0 spiro atoms. The fraction of sp³-hybridized carbons (Fsp3) is 0.267. The fourth-order valence-corrected chi connectivity index (χ4v) is 5.37. The summed E-state index contributed by atoms with van der Waals surface area (Å²) >= 11 is 0. The van der Waals surface area contributed by atoms with Crippen LogP contribution in [0.3, 0.4) is 0 Å². The number of hydrogen-bond acceptors (Lipinski definition) is 8. The Labute approximate surface area is 230 Å². The highest BCUT2D eigenvalue weighted by molar-refractivity contribution is 6.14. The predicted molar refractivity (Wildman–Crippen MR) is 150 cm³/mol. The average Bonchev–Trinajstić information content (AvgIpc) is 2.93. The van der Waals surface area contributed by atoms with Crippen molar-refractivity contribution < 1.29 is 48.2 Å². The first-order chi connectivity index (χ1) is 19.1. The SMILES string of the molecule is COc1cc2c(OC)c(-c3c(C)cc4c(C(=O)O)c(OC)c(OC)cc4c3OC)c(C)cc2c(C(=O)O)c1OC. The van der Waals surface area contributed by atoms with Crippen LogP contribution in [0.5, 0.6) is 34.5 Å². The zero-order chi connectivity index (χ0) is 29.5. The van der Waals surface area contributed by atoms with Crippen molar-refractivity contribution in [3.05, 3.63) is 46.5 Å². The van der Waals surface area contributed by atoms with Gasteiger partial charge in [0.15, 0.2) is 23.0 Å². The second kappa shape index (κ2) is 10.7. The molecular weight excluding hydrogens is 520 g/mol. The molecule has 210 valence electrons. The molecule has 0 atom stereocenters. The van der Waals surface area contributed by atoms with Crippen molar-refractivity contribution in [1.82, 2.24) is 0 Å². The monoisotopic (exact) mass is 550 g/mol. The molecule has 40 heavy (non-hydrogen) atoms. The first-order valence-corrected chi connectivity index (χ1v) is 12.1. The molecule has 0 heterocycles. The molecule has 0 aliphatic rings. The molecule has 0 bridgehead atoms. The minimum Gasteiger partial charge on any atom is -0.495 e. The van der Waals surface area contributed by atoms with Gasteiger partial charge in [-0.15, -0.1) is 0 Å². The molecule has 0 saturated heterocycles. The summed E-state index contributed by atoms with van der Waals surface area (Å²) in [7, 11) is 8.60. The lowest BCUT2D eigenvalue weighted by atomic mass is 9.87. The molecule has 2 N–H and O–H groups in total. The van der Waals surface area contributed by atoms with E-state index in [0.29, 0.717) is 55.3 Å². The lowest BCUT2D eigenvalue weighted by Crippen LogP contribution is -2.07. The van der Waals surface area contributed by atoms with Gasteiger partial charge in [-0.1, -0.05) is 0 Å². The maximum absolute atomic E-state index is 12.4. The maximum Gasteiger partial charge on any atom is 0.340 e. The molecule has 0 aliphatic heterocycles. The molecule has 0 aromatic heterocycles. The normalized spacial score (nSPS) is 10.9. The number of ether oxygens (including phenoxy) is 6. The van der Waals surface area contributed by atoms with Crippen LogP contribution >= 0.6 is 0 Å². The van der Waals surface area contributed by atoms with Gasteiger partial charge in [-0.3, -0.25) is 0 Å². The van der Waals surface area contributed by atoms with Crippen molar-refractivity contribution in [2.75, 3.05) is 42.7 Å². The number of carboxylic acids is 2. The summed E-state index contributed by atoms with van der Waals surface area (Å²) in [4.78, 5) is 24.7. The van der Waals surface area contributed by atoms with Crippen molar-refractivity contribution in [3.63, 3.8) is 0 Å². The third-order valence-electron chi connectivity index (χ3n) is 6.96. The summed E-state index contributed by atoms with van der Waals surface area (Å²) in [6.07, 6.45) is 0. The first-order valence-electron chi connectivity index (χ1n) is 12.1. The van der Waals surface area contributed by atoms with Crippen molar-refractivity contribution in [2.45, 2.75) is 13.8 Å². The molecule has 10 heteroatoms. The van der Waals surface area contributed by atoms with Gasteiger partial charge in [0.25, 0.3) is 0 Å². The summed E-state index contributed by atoms with van der Waals surface area (Å²) in [5.74, 6) is -0.947. The lowest BCUT2D eigenvalue weighted by molar-refractivity contribution is 0.0684. The highest BCUT2D eigenvalue weighted by Crippen LogP contribution is 2.52. The van der Waals surface area contributed by atoms with Crippen LogP contribution in [0.1, 0.15) is 31.8 Å². The van der Waals surface area contributed by atoms with E-state index in [2.05, 4.69) is 0 Å². The molecule has 4 rings (SSSR count). The second-order valence-corrected chi connectivity index (χ2v) is 8.98. The third-order valence-corrected chi connectivity index (χ3v) is 6.96. The van der Waals surface area contributed by atoms with Gasteiger partial charge in [0.2, 0.25) is 0 Å². The highest BCUT2D eigenvalue weighted by atomic mass is 16.5. The van der Waals surface area contributed by atoms with E-state index in [0.717, 1.165) is 0 Å². The molecule has 0 amide bonds. The van der Waals surface area contributed by atoms with Crippen molar-refractivity contribution >= 4 is 33.5 Å². The van der Waals surface area contributed by atoms with Gasteiger partial charge < -0.3 is 38.6 Å². The van der Waals surface area contributed by atoms with Crippen molar-refractivity contribution in [1.29, 1.82) is 0 Å². The molecule has 0 radical (unpaired) electrons. The molecule has 0 saturated carbocycles. The van der Waals surface area contributed by atoms with Crippen molar-refractivity contribution in [3.8, 4) is 45.6 Å². The Balaban J connectivity index is 2.24. The molecule has 4 aromatic carbocycles. The molecule has 4 aromatic rings. The van der Waals surface area contributed by atoms with Gasteiger partial charge in [0.05, 0.1) is 42.7 Å². The zero-order valence-corrected chi connectivity index (χ0v) is 23.5. The van der Waals surface area contributed by atoms with Crippen LogP contribution < -0.4 is 28.4 Å². The van der Waals surface area contributed by atoms with Gasteiger partial charge in [0.1, 0.15) is 22.6 Å². The summed E-state index contributed by atoms with van der Waals surface area (Å²) in [5.41, 5.74) is 2.55. The van der Waals surface area contributed by atoms with Gasteiger partial charge in [-0.25, -0.2) is 9.59 Å². The highest BCUT2D eigenvalue weighted by Gasteiger charge is 2.29. The van der Waals surface area contributed by atoms with Gasteiger partial charge in [-0.05, 0) is 49.2 Å². The Morgan fingerprint density at radius 3 is 1.07 bits per heavy atom. The van der Waals surface area contributed by atoms with Crippen LogP contribution in [-0.2, 0) is 0 Å². The van der Waals surface area contributed by atoms with E-state index in [4.69, 9.17) is 28.4 Å². The summed E-state index contributed by atoms with van der Waals surface area (Å²) in [5, 5.41) is 22.0. The number of methoxy groups -OCH3 is 6. The summed E-state index contributed by atoms with van der Waals surface area (Å²) in [6.45, 7) is 3.67. The van der Waals surface area contributed by atoms with Crippen LogP contribution in [0.25, 0.3) is 32.7 Å². The van der Waals surface area contributed by atoms with E-state index in [1.54, 1.807) is 24.3 Å². The quantitative estimate of drug-likeness (QED) is 0.267. The minimum atomic E-state index is -1.18. The predicted octanol–water partition coefficient (Wildman–Crippen LogP) is 5.72. The number of aromatic carboxylic acids is 2. The van der Waals surface area contributed by atoms with E-state index in [-0.39, 0.29) is 34.1 Å². The second-order valence-electron chi connectivity index (χ2n) is 8.98. The summed E-state index contributed by atoms with van der Waals surface area (Å²) < 4.78 is 33.6. The van der Waals surface area contributed by atoms with Gasteiger partial charge >= 0.3 is 11.9 Å². The van der Waals surface area contributed by atoms with E-state index in [1.807, 2.05) is 13.8 Å². The number of aryl methyl sites for hydroxylation is 2. The number of rotatable bonds is 9. The van der Waals surface area contributed by atoms with Crippen molar-refractivity contribution in [2.24, 2.45) is 0 Å². The Bertz CT molecular complexity index is 1560. The van der Waals surface area contributed by atoms with E-state index >= 15 is 0 Å². The smallest absolute Gasteiger partial charge is 0.340 e. The number of hydrogen-bond donors (Lipinski definition) is 2. The average molecular weight is 551 g/mol. The summed E-state index contributed by atoms with van der Waals surface area (Å²) in [6, 6.07) is 6.83.